The highest BCUT2D eigenvalue weighted by molar-refractivity contribution is 5.86. The van der Waals surface area contributed by atoms with Crippen LogP contribution in [0.25, 0.3) is 0 Å². The zero-order valence-electron chi connectivity index (χ0n) is 4.85. The first-order valence-corrected chi connectivity index (χ1v) is 1.92. The molecular weight excluding hydrogens is 198 g/mol. The second-order valence-electron chi connectivity index (χ2n) is 1.14. The van der Waals surface area contributed by atoms with E-state index in [0.29, 0.717) is 0 Å². The minimum absolute atomic E-state index is 0. The van der Waals surface area contributed by atoms with Crippen molar-refractivity contribution in [2.45, 2.75) is 0 Å². The first kappa shape index (κ1) is 16.4. The Kier molecular flexibility index (Phi) is 14.5. The van der Waals surface area contributed by atoms with Crippen LogP contribution in [0.1, 0.15) is 0 Å². The topological polar surface area (TPSA) is 30.2 Å². The fourth-order valence-corrected chi connectivity index (χ4v) is 0.314. The van der Waals surface area contributed by atoms with Crippen LogP contribution >= 0.6 is 37.2 Å². The molecule has 60 valence electrons. The van der Waals surface area contributed by atoms with Gasteiger partial charge < -0.3 is 4.42 Å². The van der Waals surface area contributed by atoms with Gasteiger partial charge in [-0.3, -0.25) is 4.79 Å². The maximum atomic E-state index is 10.2. The van der Waals surface area contributed by atoms with E-state index in [9.17, 15) is 4.79 Å². The molecule has 0 aliphatic carbocycles. The Labute approximate surface area is 76.9 Å². The van der Waals surface area contributed by atoms with E-state index in [0.717, 1.165) is 0 Å². The molecule has 0 fully saturated rings. The highest BCUT2D eigenvalue weighted by atomic mass is 35.5. The molecule has 0 atom stereocenters. The van der Waals surface area contributed by atoms with E-state index in [4.69, 9.17) is 0 Å². The van der Waals surface area contributed by atoms with E-state index >= 15 is 0 Å². The van der Waals surface area contributed by atoms with Crippen LogP contribution in [-0.4, -0.2) is 0 Å². The number of hydrogen-bond acceptors (Lipinski definition) is 2. The molecule has 1 aromatic rings. The molecule has 0 spiro atoms. The van der Waals surface area contributed by atoms with Gasteiger partial charge >= 0.3 is 0 Å². The maximum Gasteiger partial charge on any atom is 0.184 e. The van der Waals surface area contributed by atoms with Gasteiger partial charge in [-0.25, -0.2) is 0 Å². The van der Waals surface area contributed by atoms with Crippen LogP contribution < -0.4 is 5.43 Å². The number of rotatable bonds is 0. The minimum Gasteiger partial charge on any atom is -0.472 e. The molecule has 0 aliphatic rings. The average molecular weight is 205 g/mol. The lowest BCUT2D eigenvalue weighted by Crippen LogP contribution is -1.90. The SMILES string of the molecule is Cl.Cl.Cl.O=c1ccocc1. The van der Waals surface area contributed by atoms with Crippen LogP contribution in [0, 0.1) is 0 Å². The van der Waals surface area contributed by atoms with Crippen LogP contribution in [0.15, 0.2) is 33.9 Å². The molecule has 0 bridgehead atoms. The highest BCUT2D eigenvalue weighted by Crippen LogP contribution is 1.72. The Morgan fingerprint density at radius 3 is 1.60 bits per heavy atom. The van der Waals surface area contributed by atoms with Gasteiger partial charge in [0.2, 0.25) is 0 Å². The Hall–Kier alpha value is -0.180. The van der Waals surface area contributed by atoms with Crippen LogP contribution in [0.4, 0.5) is 0 Å². The van der Waals surface area contributed by atoms with Gasteiger partial charge in [0.25, 0.3) is 0 Å². The van der Waals surface area contributed by atoms with Gasteiger partial charge in [-0.15, -0.1) is 37.2 Å². The summed E-state index contributed by atoms with van der Waals surface area (Å²) in [7, 11) is 0. The molecule has 2 nitrogen and oxygen atoms in total. The summed E-state index contributed by atoms with van der Waals surface area (Å²) in [6.07, 6.45) is 2.70. The molecule has 0 aromatic carbocycles. The Morgan fingerprint density at radius 1 is 1.00 bits per heavy atom. The highest BCUT2D eigenvalue weighted by Gasteiger charge is 1.72. The largest absolute Gasteiger partial charge is 0.472 e. The van der Waals surface area contributed by atoms with Gasteiger partial charge in [-0.05, 0) is 0 Å². The summed E-state index contributed by atoms with van der Waals surface area (Å²) < 4.78 is 4.56. The molecule has 0 saturated heterocycles. The summed E-state index contributed by atoms with van der Waals surface area (Å²) in [6, 6.07) is 2.72. The van der Waals surface area contributed by atoms with Gasteiger partial charge in [-0.1, -0.05) is 0 Å². The minimum atomic E-state index is -0.0220. The Morgan fingerprint density at radius 2 is 1.40 bits per heavy atom. The predicted octanol–water partition coefficient (Wildman–Crippen LogP) is 1.91. The van der Waals surface area contributed by atoms with Gasteiger partial charge in [0, 0.05) is 12.1 Å². The second kappa shape index (κ2) is 8.82. The summed E-state index contributed by atoms with van der Waals surface area (Å²) in [4.78, 5) is 10.2. The van der Waals surface area contributed by atoms with Crippen LogP contribution in [0.3, 0.4) is 0 Å². The van der Waals surface area contributed by atoms with Gasteiger partial charge in [0.05, 0.1) is 12.5 Å². The van der Waals surface area contributed by atoms with Crippen LogP contribution in [0.2, 0.25) is 0 Å². The van der Waals surface area contributed by atoms with E-state index < -0.39 is 0 Å². The third-order valence-electron chi connectivity index (χ3n) is 0.622. The summed E-state index contributed by atoms with van der Waals surface area (Å²) in [5, 5.41) is 0. The lowest BCUT2D eigenvalue weighted by Gasteiger charge is -1.72. The predicted molar refractivity (Wildman–Crippen MR) is 46.7 cm³/mol. The molecular formula is C5H7Cl3O2. The maximum absolute atomic E-state index is 10.2. The first-order chi connectivity index (χ1) is 3.39. The molecule has 1 rings (SSSR count). The van der Waals surface area contributed by atoms with E-state index in [2.05, 4.69) is 4.42 Å². The van der Waals surface area contributed by atoms with Crippen molar-refractivity contribution in [3.8, 4) is 0 Å². The van der Waals surface area contributed by atoms with E-state index in [1.807, 2.05) is 0 Å². The molecule has 0 amide bonds. The molecule has 0 aliphatic heterocycles. The molecule has 1 aromatic heterocycles. The summed E-state index contributed by atoms with van der Waals surface area (Å²) in [5.41, 5.74) is -0.0220. The fourth-order valence-electron chi connectivity index (χ4n) is 0.314. The van der Waals surface area contributed by atoms with Crippen molar-refractivity contribution in [1.82, 2.24) is 0 Å². The van der Waals surface area contributed by atoms with Crippen LogP contribution in [0.5, 0.6) is 0 Å². The van der Waals surface area contributed by atoms with Crippen molar-refractivity contribution >= 4 is 37.2 Å². The van der Waals surface area contributed by atoms with E-state index in [1.54, 1.807) is 0 Å². The lowest BCUT2D eigenvalue weighted by molar-refractivity contribution is 0.548. The zero-order chi connectivity index (χ0) is 5.11. The summed E-state index contributed by atoms with van der Waals surface area (Å²) in [6.45, 7) is 0. The zero-order valence-corrected chi connectivity index (χ0v) is 7.30. The summed E-state index contributed by atoms with van der Waals surface area (Å²) >= 11 is 0. The average Bonchev–Trinajstić information content (AvgIpc) is 1.69. The van der Waals surface area contributed by atoms with Crippen molar-refractivity contribution in [1.29, 1.82) is 0 Å². The van der Waals surface area contributed by atoms with Gasteiger partial charge in [0.15, 0.2) is 5.43 Å². The fraction of sp³-hybridized carbons (Fsp3) is 0. The van der Waals surface area contributed by atoms with Crippen LogP contribution in [-0.2, 0) is 0 Å². The van der Waals surface area contributed by atoms with Crippen molar-refractivity contribution in [2.75, 3.05) is 0 Å². The molecule has 5 heteroatoms. The lowest BCUT2D eigenvalue weighted by atomic mass is 10.5. The quantitative estimate of drug-likeness (QED) is 0.648. The molecule has 0 N–H and O–H groups in total. The van der Waals surface area contributed by atoms with Crippen molar-refractivity contribution < 1.29 is 4.42 Å². The molecule has 0 radical (unpaired) electrons. The molecule has 1 heterocycles. The third-order valence-corrected chi connectivity index (χ3v) is 0.622. The monoisotopic (exact) mass is 204 g/mol. The van der Waals surface area contributed by atoms with Crippen molar-refractivity contribution in [3.63, 3.8) is 0 Å². The summed E-state index contributed by atoms with van der Waals surface area (Å²) in [5.74, 6) is 0. The number of halogens is 3. The number of hydrogen-bond donors (Lipinski definition) is 0. The first-order valence-electron chi connectivity index (χ1n) is 1.92. The van der Waals surface area contributed by atoms with Gasteiger partial charge in [-0.2, -0.15) is 0 Å². The van der Waals surface area contributed by atoms with E-state index in [-0.39, 0.29) is 42.6 Å². The normalized spacial score (nSPS) is 6.00. The van der Waals surface area contributed by atoms with Crippen molar-refractivity contribution in [2.24, 2.45) is 0 Å². The smallest absolute Gasteiger partial charge is 0.184 e. The van der Waals surface area contributed by atoms with E-state index in [1.165, 1.54) is 24.7 Å². The van der Waals surface area contributed by atoms with Gasteiger partial charge in [0.1, 0.15) is 0 Å². The second-order valence-corrected chi connectivity index (χ2v) is 1.14. The van der Waals surface area contributed by atoms with Crippen molar-refractivity contribution in [3.05, 3.63) is 34.9 Å². The third kappa shape index (κ3) is 5.95. The Balaban J connectivity index is -0.000000163. The standard InChI is InChI=1S/C5H4O2.3ClH/c6-5-1-3-7-4-2-5;;;/h1-4H;3*1H. The molecule has 0 saturated carbocycles. The molecule has 0 unspecified atom stereocenters. The Bertz CT molecular complexity index is 181. The molecule has 10 heavy (non-hydrogen) atoms.